The van der Waals surface area contributed by atoms with Crippen LogP contribution >= 0.6 is 11.3 Å². The number of nitrogens with one attached hydrogen (secondary N) is 1. The van der Waals surface area contributed by atoms with Gasteiger partial charge in [-0.3, -0.25) is 19.3 Å². The largest absolute Gasteiger partial charge is 0.456 e. The van der Waals surface area contributed by atoms with Crippen LogP contribution in [0.1, 0.15) is 29.4 Å². The van der Waals surface area contributed by atoms with Gasteiger partial charge in [0.15, 0.2) is 0 Å². The van der Waals surface area contributed by atoms with Gasteiger partial charge >= 0.3 is 11.7 Å². The number of hydrogen-bond donors (Lipinski definition) is 1. The highest BCUT2D eigenvalue weighted by molar-refractivity contribution is 7.13. The van der Waals surface area contributed by atoms with E-state index in [0.29, 0.717) is 18.7 Å². The van der Waals surface area contributed by atoms with Gasteiger partial charge < -0.3 is 4.74 Å². The van der Waals surface area contributed by atoms with Crippen LogP contribution in [0, 0.1) is 0 Å². The van der Waals surface area contributed by atoms with Gasteiger partial charge in [-0.15, -0.1) is 11.3 Å². The van der Waals surface area contributed by atoms with Gasteiger partial charge in [0, 0.05) is 24.3 Å². The summed E-state index contributed by atoms with van der Waals surface area (Å²) in [7, 11) is 0. The number of pyridine rings is 2. The number of aryl methyl sites for hydroxylation is 1. The van der Waals surface area contributed by atoms with Gasteiger partial charge in [0.05, 0.1) is 22.3 Å². The van der Waals surface area contributed by atoms with Crippen molar-refractivity contribution in [2.75, 3.05) is 0 Å². The van der Waals surface area contributed by atoms with Crippen LogP contribution in [-0.4, -0.2) is 30.5 Å². The van der Waals surface area contributed by atoms with Gasteiger partial charge in [0.25, 0.3) is 5.56 Å². The van der Waals surface area contributed by atoms with Crippen LogP contribution in [0.15, 0.2) is 51.6 Å². The molecule has 4 rings (SSSR count). The lowest BCUT2D eigenvalue weighted by molar-refractivity contribution is 0.0468. The monoisotopic (exact) mass is 423 g/mol. The van der Waals surface area contributed by atoms with Crippen molar-refractivity contribution < 1.29 is 9.53 Å². The predicted molar refractivity (Wildman–Crippen MR) is 111 cm³/mol. The molecule has 0 aliphatic heterocycles. The molecule has 0 spiro atoms. The van der Waals surface area contributed by atoms with Crippen LogP contribution < -0.4 is 11.2 Å². The van der Waals surface area contributed by atoms with E-state index >= 15 is 0 Å². The molecular weight excluding hydrogens is 406 g/mol. The fraction of sp³-hybridized carbons (Fsp3) is 0.200. The van der Waals surface area contributed by atoms with Gasteiger partial charge in [-0.05, 0) is 24.6 Å². The van der Waals surface area contributed by atoms with E-state index in [1.165, 1.54) is 28.2 Å². The standard InChI is InChI=1S/C20H17N5O4S/c1-2-7-25-16-14(17(26)24-20(25)28)8-12(9-22-16)19(27)29-10-13-11-30-18(23-13)15-5-3-4-6-21-15/h3-6,8-9,11H,2,7,10H2,1H3,(H,24,26,28). The van der Waals surface area contributed by atoms with E-state index in [1.54, 1.807) is 11.6 Å². The Bertz CT molecular complexity index is 1330. The van der Waals surface area contributed by atoms with E-state index in [-0.39, 0.29) is 23.2 Å². The third kappa shape index (κ3) is 3.90. The van der Waals surface area contributed by atoms with E-state index in [2.05, 4.69) is 19.9 Å². The molecular formula is C20H17N5O4S. The lowest BCUT2D eigenvalue weighted by Crippen LogP contribution is -2.31. The minimum absolute atomic E-state index is 0.0219. The number of rotatable bonds is 6. The fourth-order valence-corrected chi connectivity index (χ4v) is 3.69. The highest BCUT2D eigenvalue weighted by Gasteiger charge is 2.15. The van der Waals surface area contributed by atoms with Crippen LogP contribution in [0.5, 0.6) is 0 Å². The van der Waals surface area contributed by atoms with Crippen LogP contribution in [0.25, 0.3) is 21.7 Å². The van der Waals surface area contributed by atoms with Crippen molar-refractivity contribution >= 4 is 28.3 Å². The molecule has 0 aromatic carbocycles. The molecule has 1 N–H and O–H groups in total. The fourth-order valence-electron chi connectivity index (χ4n) is 2.91. The molecule has 10 heteroatoms. The Labute approximate surface area is 174 Å². The Kier molecular flexibility index (Phi) is 5.48. The van der Waals surface area contributed by atoms with E-state index < -0.39 is 17.2 Å². The van der Waals surface area contributed by atoms with Crippen molar-refractivity contribution in [3.8, 4) is 10.7 Å². The summed E-state index contributed by atoms with van der Waals surface area (Å²) >= 11 is 1.41. The highest BCUT2D eigenvalue weighted by Crippen LogP contribution is 2.22. The minimum atomic E-state index is -0.635. The van der Waals surface area contributed by atoms with Crippen molar-refractivity contribution in [3.63, 3.8) is 0 Å². The number of aromatic amines is 1. The van der Waals surface area contributed by atoms with E-state index in [1.807, 2.05) is 25.1 Å². The smallest absolute Gasteiger partial charge is 0.340 e. The second kappa shape index (κ2) is 8.37. The maximum Gasteiger partial charge on any atom is 0.340 e. The van der Waals surface area contributed by atoms with Crippen molar-refractivity contribution in [3.05, 3.63) is 74.1 Å². The number of carbonyl (C=O) groups excluding carboxylic acids is 1. The lowest BCUT2D eigenvalue weighted by atomic mass is 10.2. The number of hydrogen-bond acceptors (Lipinski definition) is 8. The van der Waals surface area contributed by atoms with Crippen molar-refractivity contribution in [2.45, 2.75) is 26.5 Å². The molecule has 4 aromatic heterocycles. The number of H-pyrrole nitrogens is 1. The molecule has 152 valence electrons. The number of thiazole rings is 1. The average molecular weight is 423 g/mol. The second-order valence-electron chi connectivity index (χ2n) is 6.44. The Morgan fingerprint density at radius 2 is 2.13 bits per heavy atom. The molecule has 0 atom stereocenters. The maximum atomic E-state index is 12.4. The topological polar surface area (TPSA) is 120 Å². The summed E-state index contributed by atoms with van der Waals surface area (Å²) in [6, 6.07) is 6.93. The maximum absolute atomic E-state index is 12.4. The zero-order valence-corrected chi connectivity index (χ0v) is 16.8. The zero-order chi connectivity index (χ0) is 21.1. The van der Waals surface area contributed by atoms with Gasteiger partial charge in [0.1, 0.15) is 17.3 Å². The number of fused-ring (bicyclic) bond motifs is 1. The molecule has 0 saturated heterocycles. The summed E-state index contributed by atoms with van der Waals surface area (Å²) < 4.78 is 6.69. The lowest BCUT2D eigenvalue weighted by Gasteiger charge is -2.08. The number of esters is 1. The molecule has 0 aliphatic rings. The van der Waals surface area contributed by atoms with E-state index in [0.717, 1.165) is 10.7 Å². The minimum Gasteiger partial charge on any atom is -0.456 e. The SMILES string of the molecule is CCCn1c(=O)[nH]c(=O)c2cc(C(=O)OCc3csc(-c4ccccn4)n3)cnc21. The molecule has 9 nitrogen and oxygen atoms in total. The van der Waals surface area contributed by atoms with Crippen LogP contribution in [-0.2, 0) is 17.9 Å². The Balaban J connectivity index is 1.53. The van der Waals surface area contributed by atoms with Crippen molar-refractivity contribution in [1.82, 2.24) is 24.5 Å². The first-order valence-corrected chi connectivity index (χ1v) is 10.1. The van der Waals surface area contributed by atoms with Crippen LogP contribution in [0.2, 0.25) is 0 Å². The molecule has 0 radical (unpaired) electrons. The molecule has 0 aliphatic carbocycles. The first kappa shape index (κ1) is 19.6. The Hall–Kier alpha value is -3.66. The summed E-state index contributed by atoms with van der Waals surface area (Å²) in [5.41, 5.74) is 0.582. The number of ether oxygens (including phenoxy) is 1. The third-order valence-electron chi connectivity index (χ3n) is 4.30. The predicted octanol–water partition coefficient (Wildman–Crippen LogP) is 2.37. The average Bonchev–Trinajstić information content (AvgIpc) is 3.24. The Morgan fingerprint density at radius 3 is 2.90 bits per heavy atom. The summed E-state index contributed by atoms with van der Waals surface area (Å²) in [5.74, 6) is -0.635. The second-order valence-corrected chi connectivity index (χ2v) is 7.30. The number of carbonyl (C=O) groups is 1. The normalized spacial score (nSPS) is 11.0. The molecule has 0 amide bonds. The number of aromatic nitrogens is 5. The molecule has 0 saturated carbocycles. The molecule has 0 bridgehead atoms. The Morgan fingerprint density at radius 1 is 1.27 bits per heavy atom. The van der Waals surface area contributed by atoms with Crippen LogP contribution in [0.3, 0.4) is 0 Å². The molecule has 4 heterocycles. The molecule has 0 fully saturated rings. The van der Waals surface area contributed by atoms with Gasteiger partial charge in [0.2, 0.25) is 0 Å². The molecule has 4 aromatic rings. The zero-order valence-electron chi connectivity index (χ0n) is 16.0. The van der Waals surface area contributed by atoms with Crippen molar-refractivity contribution in [1.29, 1.82) is 0 Å². The van der Waals surface area contributed by atoms with Crippen LogP contribution in [0.4, 0.5) is 0 Å². The molecule has 30 heavy (non-hydrogen) atoms. The first-order chi connectivity index (χ1) is 14.6. The van der Waals surface area contributed by atoms with Gasteiger partial charge in [-0.1, -0.05) is 13.0 Å². The molecule has 0 unspecified atom stereocenters. The highest BCUT2D eigenvalue weighted by atomic mass is 32.1. The van der Waals surface area contributed by atoms with Gasteiger partial charge in [-0.25, -0.2) is 19.6 Å². The summed E-state index contributed by atoms with van der Waals surface area (Å²) in [6.45, 7) is 2.30. The number of nitrogens with zero attached hydrogens (tertiary/aromatic N) is 4. The van der Waals surface area contributed by atoms with E-state index in [9.17, 15) is 14.4 Å². The van der Waals surface area contributed by atoms with E-state index in [4.69, 9.17) is 4.74 Å². The summed E-state index contributed by atoms with van der Waals surface area (Å²) in [4.78, 5) is 51.7. The van der Waals surface area contributed by atoms with Crippen molar-refractivity contribution in [2.24, 2.45) is 0 Å². The first-order valence-electron chi connectivity index (χ1n) is 9.22. The van der Waals surface area contributed by atoms with Gasteiger partial charge in [-0.2, -0.15) is 0 Å². The summed E-state index contributed by atoms with van der Waals surface area (Å²) in [6.07, 6.45) is 3.68. The summed E-state index contributed by atoms with van der Waals surface area (Å²) in [5, 5.41) is 2.68. The quantitative estimate of drug-likeness (QED) is 0.473. The third-order valence-corrected chi connectivity index (χ3v) is 5.22.